The van der Waals surface area contributed by atoms with Crippen molar-refractivity contribution in [2.45, 2.75) is 32.6 Å². The minimum Gasteiger partial charge on any atom is -0.355 e. The lowest BCUT2D eigenvalue weighted by atomic mass is 9.97. The van der Waals surface area contributed by atoms with E-state index in [1.807, 2.05) is 11.6 Å². The highest BCUT2D eigenvalue weighted by atomic mass is 32.1. The number of rotatable bonds is 2. The molecule has 0 bridgehead atoms. The molecule has 0 unspecified atom stereocenters. The van der Waals surface area contributed by atoms with Crippen LogP contribution >= 0.6 is 11.3 Å². The largest absolute Gasteiger partial charge is 0.355 e. The molecule has 4 rings (SSSR count). The van der Waals surface area contributed by atoms with Gasteiger partial charge < -0.3 is 9.47 Å². The second kappa shape index (κ2) is 5.56. The van der Waals surface area contributed by atoms with E-state index in [2.05, 4.69) is 38.9 Å². The molecule has 6 nitrogen and oxygen atoms in total. The van der Waals surface area contributed by atoms with E-state index in [0.717, 1.165) is 42.4 Å². The van der Waals surface area contributed by atoms with Crippen LogP contribution in [0.3, 0.4) is 0 Å². The van der Waals surface area contributed by atoms with Gasteiger partial charge in [-0.3, -0.25) is 0 Å². The van der Waals surface area contributed by atoms with Crippen molar-refractivity contribution in [3.63, 3.8) is 0 Å². The van der Waals surface area contributed by atoms with Crippen molar-refractivity contribution in [2.24, 2.45) is 7.05 Å². The molecule has 1 saturated heterocycles. The maximum atomic E-state index is 4.62. The molecule has 7 heteroatoms. The molecule has 0 aromatic carbocycles. The van der Waals surface area contributed by atoms with Gasteiger partial charge in [0.15, 0.2) is 0 Å². The van der Waals surface area contributed by atoms with Crippen molar-refractivity contribution in [1.29, 1.82) is 0 Å². The SMILES string of the molecule is Cc1sc2ncnc(N3CCC[C@H](c4nncn4C)C3)c2c1C. The van der Waals surface area contributed by atoms with Gasteiger partial charge in [0.1, 0.15) is 29.1 Å². The standard InChI is InChI=1S/C16H20N6S/c1-10-11(2)23-16-13(10)15(17-8-18-16)22-6-4-5-12(7-22)14-20-19-9-21(14)3/h8-9,12H,4-7H2,1-3H3/t12-/m0/s1. The van der Waals surface area contributed by atoms with Crippen molar-refractivity contribution >= 4 is 27.4 Å². The molecule has 1 aliphatic heterocycles. The Hall–Kier alpha value is -2.02. The Kier molecular flexibility index (Phi) is 3.52. The molecule has 4 heterocycles. The summed E-state index contributed by atoms with van der Waals surface area (Å²) in [7, 11) is 2.02. The van der Waals surface area contributed by atoms with Gasteiger partial charge in [0.2, 0.25) is 0 Å². The topological polar surface area (TPSA) is 59.7 Å². The third-order valence-corrected chi connectivity index (χ3v) is 5.89. The molecule has 0 aliphatic carbocycles. The van der Waals surface area contributed by atoms with Crippen LogP contribution < -0.4 is 4.90 Å². The average molecular weight is 328 g/mol. The minimum absolute atomic E-state index is 0.404. The fourth-order valence-corrected chi connectivity index (χ4v) is 4.44. The number of thiophene rings is 1. The predicted octanol–water partition coefficient (Wildman–Crippen LogP) is 2.82. The highest BCUT2D eigenvalue weighted by Gasteiger charge is 2.27. The molecule has 0 radical (unpaired) electrons. The van der Waals surface area contributed by atoms with Gasteiger partial charge in [-0.05, 0) is 32.3 Å². The summed E-state index contributed by atoms with van der Waals surface area (Å²) < 4.78 is 2.03. The normalized spacial score (nSPS) is 18.7. The van der Waals surface area contributed by atoms with Crippen LogP contribution in [0.15, 0.2) is 12.7 Å². The molecule has 1 atom stereocenters. The molecule has 3 aromatic rings. The van der Waals surface area contributed by atoms with Crippen LogP contribution in [0.2, 0.25) is 0 Å². The summed E-state index contributed by atoms with van der Waals surface area (Å²) in [4.78, 5) is 13.9. The lowest BCUT2D eigenvalue weighted by Gasteiger charge is -2.33. The van der Waals surface area contributed by atoms with Crippen molar-refractivity contribution < 1.29 is 0 Å². The Labute approximate surface area is 139 Å². The molecule has 120 valence electrons. The average Bonchev–Trinajstić information content (AvgIpc) is 3.11. The van der Waals surface area contributed by atoms with E-state index in [1.165, 1.54) is 15.8 Å². The maximum absolute atomic E-state index is 4.62. The second-order valence-electron chi connectivity index (χ2n) is 6.25. The molecule has 23 heavy (non-hydrogen) atoms. The number of aryl methyl sites for hydroxylation is 3. The van der Waals surface area contributed by atoms with Gasteiger partial charge >= 0.3 is 0 Å². The van der Waals surface area contributed by atoms with E-state index in [4.69, 9.17) is 0 Å². The summed E-state index contributed by atoms with van der Waals surface area (Å²) in [6, 6.07) is 0. The molecular formula is C16H20N6S. The van der Waals surface area contributed by atoms with Gasteiger partial charge in [-0.25, -0.2) is 9.97 Å². The summed E-state index contributed by atoms with van der Waals surface area (Å²) in [5, 5.41) is 9.56. The number of nitrogens with zero attached hydrogens (tertiary/aromatic N) is 6. The number of piperidine rings is 1. The third kappa shape index (κ3) is 2.39. The van der Waals surface area contributed by atoms with E-state index in [1.54, 1.807) is 24.0 Å². The quantitative estimate of drug-likeness (QED) is 0.724. The molecule has 0 N–H and O–H groups in total. The maximum Gasteiger partial charge on any atom is 0.141 e. The van der Waals surface area contributed by atoms with Crippen LogP contribution in [0.25, 0.3) is 10.2 Å². The Bertz CT molecular complexity index is 851. The number of fused-ring (bicyclic) bond motifs is 1. The van der Waals surface area contributed by atoms with Gasteiger partial charge in [0.05, 0.1) is 5.39 Å². The number of hydrogen-bond donors (Lipinski definition) is 0. The van der Waals surface area contributed by atoms with Crippen LogP contribution in [-0.2, 0) is 7.05 Å². The fourth-order valence-electron chi connectivity index (χ4n) is 3.45. The highest BCUT2D eigenvalue weighted by molar-refractivity contribution is 7.18. The van der Waals surface area contributed by atoms with Gasteiger partial charge in [0.25, 0.3) is 0 Å². The molecule has 3 aromatic heterocycles. The summed E-state index contributed by atoms with van der Waals surface area (Å²) in [5.74, 6) is 2.54. The molecule has 0 amide bonds. The van der Waals surface area contributed by atoms with Gasteiger partial charge in [-0.15, -0.1) is 21.5 Å². The lowest BCUT2D eigenvalue weighted by molar-refractivity contribution is 0.478. The first-order valence-corrected chi connectivity index (χ1v) is 8.76. The van der Waals surface area contributed by atoms with Crippen LogP contribution in [0.4, 0.5) is 5.82 Å². The zero-order valence-electron chi connectivity index (χ0n) is 13.7. The van der Waals surface area contributed by atoms with Crippen molar-refractivity contribution in [1.82, 2.24) is 24.7 Å². The first-order valence-electron chi connectivity index (χ1n) is 7.94. The molecule has 1 aliphatic rings. The van der Waals surface area contributed by atoms with Crippen molar-refractivity contribution in [2.75, 3.05) is 18.0 Å². The fraction of sp³-hybridized carbons (Fsp3) is 0.500. The molecule has 0 spiro atoms. The number of anilines is 1. The van der Waals surface area contributed by atoms with Gasteiger partial charge in [-0.1, -0.05) is 0 Å². The zero-order chi connectivity index (χ0) is 16.0. The lowest BCUT2D eigenvalue weighted by Crippen LogP contribution is -2.36. The van der Waals surface area contributed by atoms with E-state index in [-0.39, 0.29) is 0 Å². The van der Waals surface area contributed by atoms with Gasteiger partial charge in [-0.2, -0.15) is 0 Å². The van der Waals surface area contributed by atoms with E-state index >= 15 is 0 Å². The van der Waals surface area contributed by atoms with E-state index in [0.29, 0.717) is 5.92 Å². The highest BCUT2D eigenvalue weighted by Crippen LogP contribution is 2.36. The summed E-state index contributed by atoms with van der Waals surface area (Å²) >= 11 is 1.75. The minimum atomic E-state index is 0.404. The van der Waals surface area contributed by atoms with Crippen LogP contribution in [-0.4, -0.2) is 37.8 Å². The predicted molar refractivity (Wildman–Crippen MR) is 92.1 cm³/mol. The Balaban J connectivity index is 1.72. The third-order valence-electron chi connectivity index (χ3n) is 4.78. The summed E-state index contributed by atoms with van der Waals surface area (Å²) in [5.41, 5.74) is 1.31. The summed E-state index contributed by atoms with van der Waals surface area (Å²) in [6.45, 7) is 6.30. The Morgan fingerprint density at radius 3 is 2.91 bits per heavy atom. The van der Waals surface area contributed by atoms with Crippen molar-refractivity contribution in [3.8, 4) is 0 Å². The van der Waals surface area contributed by atoms with Crippen LogP contribution in [0, 0.1) is 13.8 Å². The second-order valence-corrected chi connectivity index (χ2v) is 7.45. The van der Waals surface area contributed by atoms with E-state index in [9.17, 15) is 0 Å². The van der Waals surface area contributed by atoms with Crippen LogP contribution in [0.1, 0.15) is 35.0 Å². The monoisotopic (exact) mass is 328 g/mol. The number of hydrogen-bond acceptors (Lipinski definition) is 6. The number of aromatic nitrogens is 5. The van der Waals surface area contributed by atoms with Crippen molar-refractivity contribution in [3.05, 3.63) is 28.9 Å². The summed E-state index contributed by atoms with van der Waals surface area (Å²) in [6.07, 6.45) is 5.77. The zero-order valence-corrected chi connectivity index (χ0v) is 14.5. The smallest absolute Gasteiger partial charge is 0.141 e. The Morgan fingerprint density at radius 2 is 2.13 bits per heavy atom. The van der Waals surface area contributed by atoms with Gasteiger partial charge in [0, 0.05) is 30.9 Å². The molecular weight excluding hydrogens is 308 g/mol. The first kappa shape index (κ1) is 14.6. The van der Waals surface area contributed by atoms with Crippen LogP contribution in [0.5, 0.6) is 0 Å². The molecule has 1 fully saturated rings. The van der Waals surface area contributed by atoms with E-state index < -0.39 is 0 Å². The molecule has 0 saturated carbocycles. The Morgan fingerprint density at radius 1 is 1.26 bits per heavy atom. The first-order chi connectivity index (χ1) is 11.1.